The van der Waals surface area contributed by atoms with Crippen LogP contribution in [-0.2, 0) is 0 Å². The minimum Gasteiger partial charge on any atom is -0.251 e. The number of alkyl halides is 6. The summed E-state index contributed by atoms with van der Waals surface area (Å²) >= 11 is 0. The maximum absolute atomic E-state index is 12.3. The summed E-state index contributed by atoms with van der Waals surface area (Å²) in [6.07, 6.45) is -8.64. The van der Waals surface area contributed by atoms with Crippen molar-refractivity contribution in [1.82, 2.24) is 0 Å². The lowest BCUT2D eigenvalue weighted by Crippen LogP contribution is -2.43. The van der Waals surface area contributed by atoms with Gasteiger partial charge in [-0.3, -0.25) is 4.39 Å². The van der Waals surface area contributed by atoms with Crippen LogP contribution in [0.4, 0.5) is 35.1 Å². The van der Waals surface area contributed by atoms with Gasteiger partial charge in [0, 0.05) is 6.42 Å². The van der Waals surface area contributed by atoms with Gasteiger partial charge < -0.3 is 0 Å². The molecule has 0 saturated carbocycles. The first-order valence-corrected chi connectivity index (χ1v) is 3.48. The predicted octanol–water partition coefficient (Wildman–Crippen LogP) is 3.98. The van der Waals surface area contributed by atoms with E-state index in [2.05, 4.69) is 6.58 Å². The van der Waals surface area contributed by atoms with Crippen molar-refractivity contribution in [2.45, 2.75) is 18.3 Å². The highest BCUT2D eigenvalue weighted by Crippen LogP contribution is 2.37. The molecule has 0 radical (unpaired) electrons. The van der Waals surface area contributed by atoms with Crippen LogP contribution in [0.5, 0.6) is 0 Å². The van der Waals surface area contributed by atoms with Crippen LogP contribution < -0.4 is 0 Å². The highest BCUT2D eigenvalue weighted by molar-refractivity contribution is 4.86. The Kier molecular flexibility index (Phi) is 7.33. The third kappa shape index (κ3) is 7.15. The second-order valence-electron chi connectivity index (χ2n) is 2.37. The molecule has 0 rings (SSSR count). The van der Waals surface area contributed by atoms with Crippen LogP contribution in [-0.4, -0.2) is 25.2 Å². The Morgan fingerprint density at radius 3 is 1.40 bits per heavy atom. The van der Waals surface area contributed by atoms with E-state index in [4.69, 9.17) is 0 Å². The highest BCUT2D eigenvalue weighted by atomic mass is 19.4. The third-order valence-electron chi connectivity index (χ3n) is 1.21. The van der Waals surface area contributed by atoms with Crippen molar-refractivity contribution in [3.63, 3.8) is 0 Å². The minimum absolute atomic E-state index is 1.48. The molecule has 0 aliphatic heterocycles. The quantitative estimate of drug-likeness (QED) is 0.658. The zero-order chi connectivity index (χ0) is 12.7. The maximum Gasteiger partial charge on any atom is 0.425 e. The Morgan fingerprint density at radius 2 is 1.33 bits per heavy atom. The predicted molar refractivity (Wildman–Crippen MR) is 37.8 cm³/mol. The Hall–Kier alpha value is -0.820. The summed E-state index contributed by atoms with van der Waals surface area (Å²) in [5.74, 6) is 0. The van der Waals surface area contributed by atoms with Crippen molar-refractivity contribution < 1.29 is 35.1 Å². The van der Waals surface area contributed by atoms with Crippen molar-refractivity contribution in [1.29, 1.82) is 0 Å². The smallest absolute Gasteiger partial charge is 0.251 e. The lowest BCUT2D eigenvalue weighted by Gasteiger charge is -2.23. The molecule has 0 fully saturated rings. The molecule has 0 N–H and O–H groups in total. The molecule has 0 saturated heterocycles. The maximum atomic E-state index is 12.3. The average Bonchev–Trinajstić information content (AvgIpc) is 2.01. The monoisotopic (exact) mass is 244 g/mol. The van der Waals surface area contributed by atoms with Crippen molar-refractivity contribution in [3.8, 4) is 0 Å². The summed E-state index contributed by atoms with van der Waals surface area (Å²) in [6.45, 7) is -1.54. The Morgan fingerprint density at radius 1 is 1.00 bits per heavy atom. The van der Waals surface area contributed by atoms with Gasteiger partial charge in [-0.25, -0.2) is 8.78 Å². The van der Waals surface area contributed by atoms with Gasteiger partial charge in [0.25, 0.3) is 6.08 Å². The van der Waals surface area contributed by atoms with Gasteiger partial charge in [0.1, 0.15) is 6.67 Å². The number of rotatable bonds is 3. The second kappa shape index (κ2) is 6.62. The first-order valence-electron chi connectivity index (χ1n) is 3.48. The summed E-state index contributed by atoms with van der Waals surface area (Å²) in [5, 5.41) is 0. The summed E-state index contributed by atoms with van der Waals surface area (Å²) in [6, 6.07) is 0. The van der Waals surface area contributed by atoms with Gasteiger partial charge in [0.2, 0.25) is 5.67 Å². The molecule has 0 spiro atoms. The van der Waals surface area contributed by atoms with Crippen LogP contribution in [0.2, 0.25) is 0 Å². The molecule has 0 aromatic rings. The Labute approximate surface area is 80.6 Å². The molecular weight excluding hydrogens is 236 g/mol. The number of hydrogen-bond acceptors (Lipinski definition) is 0. The van der Waals surface area contributed by atoms with E-state index in [9.17, 15) is 35.1 Å². The van der Waals surface area contributed by atoms with E-state index in [0.717, 1.165) is 0 Å². The molecule has 0 bridgehead atoms. The fourth-order valence-electron chi connectivity index (χ4n) is 0.434. The van der Waals surface area contributed by atoms with Crippen LogP contribution in [0.15, 0.2) is 12.7 Å². The van der Waals surface area contributed by atoms with Crippen LogP contribution in [0.1, 0.15) is 6.42 Å². The molecule has 1 atom stereocenters. The van der Waals surface area contributed by atoms with E-state index < -0.39 is 37.7 Å². The third-order valence-corrected chi connectivity index (χ3v) is 1.21. The van der Waals surface area contributed by atoms with E-state index in [1.54, 1.807) is 0 Å². The molecule has 8 heteroatoms. The second-order valence-corrected chi connectivity index (χ2v) is 2.37. The lowest BCUT2D eigenvalue weighted by molar-refractivity contribution is -0.237. The van der Waals surface area contributed by atoms with Crippen LogP contribution in [0.3, 0.4) is 0 Å². The summed E-state index contributed by atoms with van der Waals surface area (Å²) in [4.78, 5) is 0. The molecule has 0 amide bonds. The van der Waals surface area contributed by atoms with E-state index >= 15 is 0 Å². The molecule has 15 heavy (non-hydrogen) atoms. The van der Waals surface area contributed by atoms with Crippen LogP contribution in [0.25, 0.3) is 0 Å². The molecule has 0 aliphatic rings. The van der Waals surface area contributed by atoms with Crippen molar-refractivity contribution in [2.75, 3.05) is 13.3 Å². The Bertz CT molecular complexity index is 182. The fourth-order valence-corrected chi connectivity index (χ4v) is 0.434. The first kappa shape index (κ1) is 16.6. The van der Waals surface area contributed by atoms with Crippen molar-refractivity contribution in [3.05, 3.63) is 12.7 Å². The molecule has 1 unspecified atom stereocenters. The molecule has 92 valence electrons. The minimum atomic E-state index is -5.33. The van der Waals surface area contributed by atoms with Gasteiger partial charge in [0.15, 0.2) is 0 Å². The summed E-state index contributed by atoms with van der Waals surface area (Å²) in [7, 11) is 0. The molecule has 0 aromatic carbocycles. The number of halogens is 8. The largest absolute Gasteiger partial charge is 0.425 e. The van der Waals surface area contributed by atoms with Gasteiger partial charge in [0.05, 0.1) is 6.67 Å². The van der Waals surface area contributed by atoms with Crippen molar-refractivity contribution in [2.24, 2.45) is 0 Å². The zero-order valence-electron chi connectivity index (χ0n) is 7.35. The summed E-state index contributed by atoms with van der Waals surface area (Å²) in [5.41, 5.74) is -4.01. The van der Waals surface area contributed by atoms with Crippen LogP contribution >= 0.6 is 0 Å². The highest BCUT2D eigenvalue weighted by Gasteiger charge is 2.55. The number of hydrogen-bond donors (Lipinski definition) is 0. The van der Waals surface area contributed by atoms with E-state index in [0.29, 0.717) is 0 Å². The molecule has 0 heterocycles. The van der Waals surface area contributed by atoms with Gasteiger partial charge >= 0.3 is 6.18 Å². The fraction of sp³-hybridized carbons (Fsp3) is 0.714. The average molecular weight is 244 g/mol. The molecule has 0 nitrogen and oxygen atoms in total. The van der Waals surface area contributed by atoms with Gasteiger partial charge in [-0.1, -0.05) is 0 Å². The van der Waals surface area contributed by atoms with E-state index in [1.807, 2.05) is 0 Å². The van der Waals surface area contributed by atoms with E-state index in [-0.39, 0.29) is 0 Å². The molecular formula is C7H8F8. The standard InChI is InChI=1S/C5H6F6.C2H2F2/c6-2-1-4(8,3-7)5(9,10)11;1-2(3)4/h1-3H2;1H2. The van der Waals surface area contributed by atoms with Gasteiger partial charge in [-0.2, -0.15) is 22.0 Å². The van der Waals surface area contributed by atoms with E-state index in [1.165, 1.54) is 0 Å². The first-order chi connectivity index (χ1) is 6.60. The SMILES string of the molecule is C=C(F)F.FCCC(F)(CF)C(F)(F)F. The Balaban J connectivity index is 0. The van der Waals surface area contributed by atoms with Crippen molar-refractivity contribution >= 4 is 0 Å². The molecule has 0 aromatic heterocycles. The normalized spacial score (nSPS) is 14.9. The topological polar surface area (TPSA) is 0 Å². The lowest BCUT2D eigenvalue weighted by atomic mass is 10.0. The van der Waals surface area contributed by atoms with Crippen LogP contribution in [0, 0.1) is 0 Å². The summed E-state index contributed by atoms with van der Waals surface area (Å²) < 4.78 is 89.9. The molecule has 0 aliphatic carbocycles. The zero-order valence-corrected chi connectivity index (χ0v) is 7.35. The van der Waals surface area contributed by atoms with Gasteiger partial charge in [-0.15, -0.1) is 0 Å². The van der Waals surface area contributed by atoms with Gasteiger partial charge in [-0.05, 0) is 6.58 Å².